The molecule has 1 aliphatic carbocycles. The van der Waals surface area contributed by atoms with Crippen LogP contribution in [0.25, 0.3) is 0 Å². The van der Waals surface area contributed by atoms with Gasteiger partial charge in [0, 0.05) is 24.1 Å². The largest absolute Gasteiger partial charge is 0.495 e. The Morgan fingerprint density at radius 1 is 1.09 bits per heavy atom. The van der Waals surface area contributed by atoms with Crippen LogP contribution in [0.3, 0.4) is 0 Å². The highest BCUT2D eigenvalue weighted by Crippen LogP contribution is 2.49. The molecule has 3 aliphatic rings. The second-order valence-electron chi connectivity index (χ2n) is 8.87. The van der Waals surface area contributed by atoms with Crippen molar-refractivity contribution in [2.45, 2.75) is 42.5 Å². The van der Waals surface area contributed by atoms with Crippen LogP contribution in [-0.4, -0.2) is 53.1 Å². The van der Waals surface area contributed by atoms with Gasteiger partial charge in [-0.05, 0) is 61.3 Å². The lowest BCUT2D eigenvalue weighted by molar-refractivity contribution is 0.0668. The monoisotopic (exact) mass is 472 g/mol. The first-order chi connectivity index (χ1) is 15.9. The van der Waals surface area contributed by atoms with E-state index in [0.717, 1.165) is 37.0 Å². The van der Waals surface area contributed by atoms with Gasteiger partial charge in [0.25, 0.3) is 5.91 Å². The van der Waals surface area contributed by atoms with E-state index >= 15 is 0 Å². The molecule has 8 nitrogen and oxygen atoms in total. The van der Waals surface area contributed by atoms with Gasteiger partial charge >= 0.3 is 0 Å². The number of benzene rings is 2. The van der Waals surface area contributed by atoms with Crippen LogP contribution in [0, 0.1) is 0 Å². The van der Waals surface area contributed by atoms with Gasteiger partial charge in [-0.15, -0.1) is 0 Å². The molecule has 1 spiro atoms. The van der Waals surface area contributed by atoms with Crippen molar-refractivity contribution in [2.75, 3.05) is 33.9 Å². The third-order valence-electron chi connectivity index (χ3n) is 7.01. The lowest BCUT2D eigenvalue weighted by atomic mass is 9.73. The number of amides is 1. The maximum absolute atomic E-state index is 13.6. The molecular formula is C24H28N2O6S. The van der Waals surface area contributed by atoms with Gasteiger partial charge in [-0.1, -0.05) is 12.8 Å². The highest BCUT2D eigenvalue weighted by Gasteiger charge is 2.44. The zero-order valence-corrected chi connectivity index (χ0v) is 19.7. The molecule has 2 aromatic rings. The summed E-state index contributed by atoms with van der Waals surface area (Å²) in [6.07, 6.45) is 4.24. The van der Waals surface area contributed by atoms with Crippen LogP contribution < -0.4 is 18.9 Å². The number of nitrogens with one attached hydrogen (secondary N) is 1. The van der Waals surface area contributed by atoms with E-state index in [2.05, 4.69) is 10.8 Å². The molecule has 0 unspecified atom stereocenters. The molecule has 1 saturated carbocycles. The van der Waals surface area contributed by atoms with E-state index in [9.17, 15) is 13.2 Å². The zero-order chi connectivity index (χ0) is 23.2. The number of rotatable bonds is 4. The SMILES string of the molecule is CNS(=O)(=O)c1cc(C(=O)N2Cc3cc4c(cc3C3(CCCC3)C2)OCCO4)ccc1OC. The van der Waals surface area contributed by atoms with Crippen LogP contribution in [-0.2, 0) is 22.0 Å². The Bertz CT molecular complexity index is 1200. The summed E-state index contributed by atoms with van der Waals surface area (Å²) in [6.45, 7) is 2.08. The molecule has 9 heteroatoms. The average molecular weight is 473 g/mol. The van der Waals surface area contributed by atoms with Crippen molar-refractivity contribution >= 4 is 15.9 Å². The Morgan fingerprint density at radius 2 is 1.79 bits per heavy atom. The lowest BCUT2D eigenvalue weighted by Gasteiger charge is -2.43. The van der Waals surface area contributed by atoms with Crippen molar-refractivity contribution in [1.82, 2.24) is 9.62 Å². The highest BCUT2D eigenvalue weighted by atomic mass is 32.2. The van der Waals surface area contributed by atoms with Crippen LogP contribution in [0.5, 0.6) is 17.2 Å². The summed E-state index contributed by atoms with van der Waals surface area (Å²) in [5.41, 5.74) is 2.52. The summed E-state index contributed by atoms with van der Waals surface area (Å²) >= 11 is 0. The van der Waals surface area contributed by atoms with Crippen molar-refractivity contribution in [3.05, 3.63) is 47.0 Å². The fourth-order valence-electron chi connectivity index (χ4n) is 5.40. The minimum atomic E-state index is -3.78. The van der Waals surface area contributed by atoms with Gasteiger partial charge < -0.3 is 19.1 Å². The Labute approximate surface area is 193 Å². The molecule has 0 atom stereocenters. The second kappa shape index (κ2) is 8.22. The standard InChI is InChI=1S/C24H28N2O6S/c1-25-33(28,29)22-12-16(5-6-19(22)30-2)23(27)26-14-17-11-20-21(32-10-9-31-20)13-18(17)24(15-26)7-3-4-8-24/h5-6,11-13,25H,3-4,7-10,14-15H2,1-2H3. The molecule has 176 valence electrons. The molecule has 1 amide bonds. The summed E-state index contributed by atoms with van der Waals surface area (Å²) in [5, 5.41) is 0. The van der Waals surface area contributed by atoms with Crippen LogP contribution in [0.2, 0.25) is 0 Å². The highest BCUT2D eigenvalue weighted by molar-refractivity contribution is 7.89. The first-order valence-electron chi connectivity index (χ1n) is 11.2. The predicted molar refractivity (Wildman–Crippen MR) is 122 cm³/mol. The number of nitrogens with zero attached hydrogens (tertiary/aromatic N) is 1. The fourth-order valence-corrected chi connectivity index (χ4v) is 6.32. The maximum Gasteiger partial charge on any atom is 0.254 e. The van der Waals surface area contributed by atoms with E-state index in [1.54, 1.807) is 6.07 Å². The van der Waals surface area contributed by atoms with Gasteiger partial charge in [0.1, 0.15) is 23.9 Å². The molecule has 2 aliphatic heterocycles. The Morgan fingerprint density at radius 3 is 2.45 bits per heavy atom. The van der Waals surface area contributed by atoms with Crippen molar-refractivity contribution in [2.24, 2.45) is 0 Å². The molecule has 0 radical (unpaired) electrons. The minimum absolute atomic E-state index is 0.0500. The second-order valence-corrected chi connectivity index (χ2v) is 10.7. The molecule has 5 rings (SSSR count). The molecule has 1 N–H and O–H groups in total. The predicted octanol–water partition coefficient (Wildman–Crippen LogP) is 2.84. The van der Waals surface area contributed by atoms with E-state index in [0.29, 0.717) is 37.6 Å². The van der Waals surface area contributed by atoms with Crippen LogP contribution in [0.1, 0.15) is 47.2 Å². The van der Waals surface area contributed by atoms with Crippen LogP contribution in [0.4, 0.5) is 0 Å². The van der Waals surface area contributed by atoms with Crippen LogP contribution >= 0.6 is 0 Å². The normalized spacial score (nSPS) is 18.8. The number of carbonyl (C=O) groups is 1. The van der Waals surface area contributed by atoms with E-state index in [1.165, 1.54) is 31.9 Å². The Balaban J connectivity index is 1.53. The summed E-state index contributed by atoms with van der Waals surface area (Å²) in [4.78, 5) is 15.4. The first kappa shape index (κ1) is 22.0. The molecule has 0 bridgehead atoms. The molecule has 1 fully saturated rings. The van der Waals surface area contributed by atoms with E-state index in [1.807, 2.05) is 11.0 Å². The number of sulfonamides is 1. The van der Waals surface area contributed by atoms with Gasteiger partial charge in [0.05, 0.1) is 7.11 Å². The molecule has 2 aromatic carbocycles. The number of fused-ring (bicyclic) bond motifs is 3. The average Bonchev–Trinajstić information content (AvgIpc) is 3.30. The summed E-state index contributed by atoms with van der Waals surface area (Å²) in [7, 11) is -1.04. The summed E-state index contributed by atoms with van der Waals surface area (Å²) in [5.74, 6) is 1.50. The van der Waals surface area contributed by atoms with Crippen molar-refractivity contribution in [3.63, 3.8) is 0 Å². The van der Waals surface area contributed by atoms with Crippen LogP contribution in [0.15, 0.2) is 35.2 Å². The third kappa shape index (κ3) is 3.73. The van der Waals surface area contributed by atoms with Gasteiger partial charge in [0.15, 0.2) is 11.5 Å². The molecule has 0 saturated heterocycles. The number of carbonyl (C=O) groups excluding carboxylic acids is 1. The molecule has 2 heterocycles. The van der Waals surface area contributed by atoms with E-state index in [4.69, 9.17) is 14.2 Å². The smallest absolute Gasteiger partial charge is 0.254 e. The van der Waals surface area contributed by atoms with Gasteiger partial charge in [-0.3, -0.25) is 4.79 Å². The molecular weight excluding hydrogens is 444 g/mol. The van der Waals surface area contributed by atoms with Crippen molar-refractivity contribution in [3.8, 4) is 17.2 Å². The lowest BCUT2D eigenvalue weighted by Crippen LogP contribution is -2.47. The molecule has 0 aromatic heterocycles. The Hall–Kier alpha value is -2.78. The number of methoxy groups -OCH3 is 1. The van der Waals surface area contributed by atoms with Gasteiger partial charge in [0.2, 0.25) is 10.0 Å². The van der Waals surface area contributed by atoms with E-state index in [-0.39, 0.29) is 22.0 Å². The topological polar surface area (TPSA) is 94.2 Å². The quantitative estimate of drug-likeness (QED) is 0.736. The van der Waals surface area contributed by atoms with E-state index < -0.39 is 10.0 Å². The van der Waals surface area contributed by atoms with Crippen molar-refractivity contribution < 1.29 is 27.4 Å². The maximum atomic E-state index is 13.6. The summed E-state index contributed by atoms with van der Waals surface area (Å²) < 4.78 is 44.1. The number of hydrogen-bond donors (Lipinski definition) is 1. The molecule has 33 heavy (non-hydrogen) atoms. The van der Waals surface area contributed by atoms with Gasteiger partial charge in [-0.25, -0.2) is 13.1 Å². The minimum Gasteiger partial charge on any atom is -0.495 e. The third-order valence-corrected chi connectivity index (χ3v) is 8.45. The first-order valence-corrected chi connectivity index (χ1v) is 12.7. The fraction of sp³-hybridized carbons (Fsp3) is 0.458. The number of ether oxygens (including phenoxy) is 3. The van der Waals surface area contributed by atoms with Gasteiger partial charge in [-0.2, -0.15) is 0 Å². The number of hydrogen-bond acceptors (Lipinski definition) is 6. The van der Waals surface area contributed by atoms with Crippen molar-refractivity contribution in [1.29, 1.82) is 0 Å². The zero-order valence-electron chi connectivity index (χ0n) is 18.8. The Kier molecular flexibility index (Phi) is 5.49. The summed E-state index contributed by atoms with van der Waals surface area (Å²) in [6, 6.07) is 8.67.